The van der Waals surface area contributed by atoms with Crippen molar-refractivity contribution in [1.82, 2.24) is 14.5 Å². The van der Waals surface area contributed by atoms with E-state index in [0.717, 1.165) is 6.54 Å². The quantitative estimate of drug-likeness (QED) is 0.782. The third-order valence-corrected chi connectivity index (χ3v) is 3.39. The van der Waals surface area contributed by atoms with E-state index < -0.39 is 0 Å². The van der Waals surface area contributed by atoms with Gasteiger partial charge in [0.15, 0.2) is 0 Å². The highest BCUT2D eigenvalue weighted by atomic mass is 15.2. The molecule has 0 spiro atoms. The molecular formula is C13H23N3. The van der Waals surface area contributed by atoms with Gasteiger partial charge in [-0.1, -0.05) is 12.8 Å². The van der Waals surface area contributed by atoms with Crippen LogP contribution >= 0.6 is 0 Å². The summed E-state index contributed by atoms with van der Waals surface area (Å²) in [6.45, 7) is 8.01. The van der Waals surface area contributed by atoms with Crippen LogP contribution in [0.25, 0.3) is 0 Å². The monoisotopic (exact) mass is 221 g/mol. The summed E-state index contributed by atoms with van der Waals surface area (Å²) in [5, 5.41) is 0. The molecule has 0 aliphatic carbocycles. The second-order valence-corrected chi connectivity index (χ2v) is 5.08. The van der Waals surface area contributed by atoms with Crippen LogP contribution in [-0.2, 0) is 6.54 Å². The van der Waals surface area contributed by atoms with Gasteiger partial charge in [-0.2, -0.15) is 0 Å². The SMILES string of the molecule is CC(C)n1cncc1CN1CCCCCC1. The maximum absolute atomic E-state index is 4.27. The van der Waals surface area contributed by atoms with Crippen LogP contribution < -0.4 is 0 Å². The summed E-state index contributed by atoms with van der Waals surface area (Å²) in [7, 11) is 0. The summed E-state index contributed by atoms with van der Waals surface area (Å²) in [4.78, 5) is 6.84. The van der Waals surface area contributed by atoms with Crippen LogP contribution in [0.1, 0.15) is 51.3 Å². The standard InChI is InChI=1S/C13H23N3/c1-12(2)16-11-14-9-13(16)10-15-7-5-3-4-6-8-15/h9,11-12H,3-8,10H2,1-2H3. The van der Waals surface area contributed by atoms with Crippen molar-refractivity contribution in [3.05, 3.63) is 18.2 Å². The summed E-state index contributed by atoms with van der Waals surface area (Å²) in [5.41, 5.74) is 1.36. The number of hydrogen-bond acceptors (Lipinski definition) is 2. The van der Waals surface area contributed by atoms with E-state index in [-0.39, 0.29) is 0 Å². The molecule has 2 heterocycles. The Kier molecular flexibility index (Phi) is 3.99. The molecule has 0 N–H and O–H groups in total. The van der Waals surface area contributed by atoms with Crippen LogP contribution in [0.2, 0.25) is 0 Å². The number of aromatic nitrogens is 2. The number of nitrogens with zero attached hydrogens (tertiary/aromatic N) is 3. The van der Waals surface area contributed by atoms with E-state index in [1.54, 1.807) is 0 Å². The van der Waals surface area contributed by atoms with Gasteiger partial charge in [-0.15, -0.1) is 0 Å². The Labute approximate surface area is 98.5 Å². The summed E-state index contributed by atoms with van der Waals surface area (Å²) >= 11 is 0. The molecule has 1 saturated heterocycles. The van der Waals surface area contributed by atoms with E-state index in [1.807, 2.05) is 12.5 Å². The molecule has 0 radical (unpaired) electrons. The predicted molar refractivity (Wildman–Crippen MR) is 66.4 cm³/mol. The molecule has 0 aromatic carbocycles. The zero-order valence-corrected chi connectivity index (χ0v) is 10.5. The molecule has 90 valence electrons. The number of imidazole rings is 1. The van der Waals surface area contributed by atoms with Crippen molar-refractivity contribution in [1.29, 1.82) is 0 Å². The van der Waals surface area contributed by atoms with Crippen LogP contribution in [0.3, 0.4) is 0 Å². The first-order chi connectivity index (χ1) is 7.77. The van der Waals surface area contributed by atoms with Crippen molar-refractivity contribution < 1.29 is 0 Å². The maximum Gasteiger partial charge on any atom is 0.0951 e. The van der Waals surface area contributed by atoms with Crippen LogP contribution in [0.4, 0.5) is 0 Å². The topological polar surface area (TPSA) is 21.1 Å². The van der Waals surface area contributed by atoms with E-state index >= 15 is 0 Å². The number of rotatable bonds is 3. The molecule has 2 rings (SSSR count). The van der Waals surface area contributed by atoms with Crippen molar-refractivity contribution in [3.63, 3.8) is 0 Å². The minimum atomic E-state index is 0.518. The molecule has 1 fully saturated rings. The highest BCUT2D eigenvalue weighted by Gasteiger charge is 2.12. The van der Waals surface area contributed by atoms with E-state index in [9.17, 15) is 0 Å². The van der Waals surface area contributed by atoms with E-state index in [0.29, 0.717) is 6.04 Å². The Morgan fingerprint density at radius 1 is 1.19 bits per heavy atom. The van der Waals surface area contributed by atoms with E-state index in [4.69, 9.17) is 0 Å². The average molecular weight is 221 g/mol. The van der Waals surface area contributed by atoms with E-state index in [2.05, 4.69) is 28.3 Å². The third kappa shape index (κ3) is 2.85. The van der Waals surface area contributed by atoms with Gasteiger partial charge in [-0.25, -0.2) is 4.98 Å². The summed E-state index contributed by atoms with van der Waals surface area (Å²) < 4.78 is 2.28. The van der Waals surface area contributed by atoms with Gasteiger partial charge >= 0.3 is 0 Å². The van der Waals surface area contributed by atoms with Crippen LogP contribution in [-0.4, -0.2) is 27.5 Å². The van der Waals surface area contributed by atoms with Crippen molar-refractivity contribution in [2.24, 2.45) is 0 Å². The van der Waals surface area contributed by atoms with Gasteiger partial charge in [-0.3, -0.25) is 4.90 Å². The van der Waals surface area contributed by atoms with Gasteiger partial charge in [0.05, 0.1) is 12.0 Å². The lowest BCUT2D eigenvalue weighted by Gasteiger charge is -2.21. The highest BCUT2D eigenvalue weighted by Crippen LogP contribution is 2.15. The Hall–Kier alpha value is -0.830. The second kappa shape index (κ2) is 5.48. The fourth-order valence-electron chi connectivity index (χ4n) is 2.44. The molecule has 1 aromatic rings. The summed E-state index contributed by atoms with van der Waals surface area (Å²) in [6, 6.07) is 0.518. The fourth-order valence-corrected chi connectivity index (χ4v) is 2.44. The second-order valence-electron chi connectivity index (χ2n) is 5.08. The lowest BCUT2D eigenvalue weighted by molar-refractivity contribution is 0.268. The highest BCUT2D eigenvalue weighted by molar-refractivity contribution is 4.99. The summed E-state index contributed by atoms with van der Waals surface area (Å²) in [6.07, 6.45) is 9.49. The van der Waals surface area contributed by atoms with Crippen LogP contribution in [0.5, 0.6) is 0 Å². The predicted octanol–water partition coefficient (Wildman–Crippen LogP) is 2.84. The molecule has 0 bridgehead atoms. The first-order valence-electron chi connectivity index (χ1n) is 6.50. The van der Waals surface area contributed by atoms with Gasteiger partial charge in [0.25, 0.3) is 0 Å². The van der Waals surface area contributed by atoms with Gasteiger partial charge in [0.1, 0.15) is 0 Å². The van der Waals surface area contributed by atoms with Crippen molar-refractivity contribution >= 4 is 0 Å². The minimum Gasteiger partial charge on any atom is -0.331 e. The van der Waals surface area contributed by atoms with Crippen molar-refractivity contribution in [2.45, 2.75) is 52.1 Å². The molecule has 1 aromatic heterocycles. The molecule has 0 atom stereocenters. The Morgan fingerprint density at radius 3 is 2.50 bits per heavy atom. The first-order valence-corrected chi connectivity index (χ1v) is 6.50. The molecule has 1 aliphatic heterocycles. The number of likely N-dealkylation sites (tertiary alicyclic amines) is 1. The largest absolute Gasteiger partial charge is 0.331 e. The Balaban J connectivity index is 1.99. The fraction of sp³-hybridized carbons (Fsp3) is 0.769. The molecule has 0 amide bonds. The van der Waals surface area contributed by atoms with Gasteiger partial charge < -0.3 is 4.57 Å². The lowest BCUT2D eigenvalue weighted by Crippen LogP contribution is -2.25. The zero-order chi connectivity index (χ0) is 11.4. The molecule has 16 heavy (non-hydrogen) atoms. The molecule has 0 unspecified atom stereocenters. The number of hydrogen-bond donors (Lipinski definition) is 0. The molecular weight excluding hydrogens is 198 g/mol. The molecule has 1 aliphatic rings. The molecule has 3 nitrogen and oxygen atoms in total. The lowest BCUT2D eigenvalue weighted by atomic mass is 10.2. The zero-order valence-electron chi connectivity index (χ0n) is 10.5. The Bertz CT molecular complexity index is 309. The van der Waals surface area contributed by atoms with Crippen LogP contribution in [0.15, 0.2) is 12.5 Å². The maximum atomic E-state index is 4.27. The van der Waals surface area contributed by atoms with Gasteiger partial charge in [0, 0.05) is 18.8 Å². The third-order valence-electron chi connectivity index (χ3n) is 3.39. The minimum absolute atomic E-state index is 0.518. The molecule has 0 saturated carbocycles. The van der Waals surface area contributed by atoms with Crippen molar-refractivity contribution in [2.75, 3.05) is 13.1 Å². The van der Waals surface area contributed by atoms with Gasteiger partial charge in [0.2, 0.25) is 0 Å². The molecule has 3 heteroatoms. The van der Waals surface area contributed by atoms with Crippen LogP contribution in [0, 0.1) is 0 Å². The van der Waals surface area contributed by atoms with E-state index in [1.165, 1.54) is 44.5 Å². The Morgan fingerprint density at radius 2 is 1.88 bits per heavy atom. The smallest absolute Gasteiger partial charge is 0.0951 e. The normalized spacial score (nSPS) is 18.9. The summed E-state index contributed by atoms with van der Waals surface area (Å²) in [5.74, 6) is 0. The average Bonchev–Trinajstić information content (AvgIpc) is 2.55. The van der Waals surface area contributed by atoms with Crippen molar-refractivity contribution in [3.8, 4) is 0 Å². The first kappa shape index (κ1) is 11.6. The van der Waals surface area contributed by atoms with Gasteiger partial charge in [-0.05, 0) is 39.8 Å².